The lowest BCUT2D eigenvalue weighted by molar-refractivity contribution is -0.153. The fourth-order valence-electron chi connectivity index (χ4n) is 7.50. The first-order valence-corrected chi connectivity index (χ1v) is 21.2. The van der Waals surface area contributed by atoms with Crippen molar-refractivity contribution >= 4 is 68.9 Å². The van der Waals surface area contributed by atoms with Gasteiger partial charge in [0.05, 0.1) is 38.0 Å². The summed E-state index contributed by atoms with van der Waals surface area (Å²) in [5, 5.41) is 32.9. The maximum atomic E-state index is 13.1. The number of aliphatic carboxylic acids is 1. The van der Waals surface area contributed by atoms with Crippen LogP contribution in [0.4, 0.5) is 17.3 Å². The Kier molecular flexibility index (Phi) is 14.7. The molecule has 342 valence electrons. The van der Waals surface area contributed by atoms with Gasteiger partial charge in [-0.15, -0.1) is 0 Å². The van der Waals surface area contributed by atoms with Crippen molar-refractivity contribution in [1.29, 1.82) is 0 Å². The minimum atomic E-state index is -1.20. The van der Waals surface area contributed by atoms with Crippen molar-refractivity contribution in [3.8, 4) is 16.9 Å². The number of nitrogens with two attached hydrogens (primary N) is 1. The first kappa shape index (κ1) is 46.0. The van der Waals surface area contributed by atoms with E-state index in [4.69, 9.17) is 15.2 Å². The molecule has 1 aliphatic heterocycles. The molecule has 6 aromatic rings. The molecule has 1 fully saturated rings. The van der Waals surface area contributed by atoms with Crippen LogP contribution in [0.2, 0.25) is 0 Å². The van der Waals surface area contributed by atoms with Crippen LogP contribution in [0.3, 0.4) is 0 Å². The van der Waals surface area contributed by atoms with Gasteiger partial charge >= 0.3 is 11.9 Å². The number of amides is 3. The molecule has 0 saturated carbocycles. The van der Waals surface area contributed by atoms with Gasteiger partial charge in [-0.05, 0) is 47.2 Å². The molecule has 3 amide bonds. The number of hydrogen-bond donors (Lipinski definition) is 8. The van der Waals surface area contributed by atoms with Gasteiger partial charge in [0.15, 0.2) is 17.9 Å². The zero-order valence-electron chi connectivity index (χ0n) is 35.7. The molecule has 66 heavy (non-hydrogen) atoms. The number of aromatic nitrogens is 4. The minimum absolute atomic E-state index is 0.00571. The zero-order chi connectivity index (χ0) is 46.6. The van der Waals surface area contributed by atoms with E-state index in [2.05, 4.69) is 41.2 Å². The number of anilines is 2. The average Bonchev–Trinajstić information content (AvgIpc) is 3.32. The summed E-state index contributed by atoms with van der Waals surface area (Å²) in [6.07, 6.45) is 1.16. The summed E-state index contributed by atoms with van der Waals surface area (Å²) in [5.41, 5.74) is 9.09. The summed E-state index contributed by atoms with van der Waals surface area (Å²) >= 11 is 0. The van der Waals surface area contributed by atoms with E-state index < -0.39 is 47.7 Å². The average molecular weight is 902 g/mol. The first-order valence-electron chi connectivity index (χ1n) is 21.2. The monoisotopic (exact) mass is 901 g/mol. The second kappa shape index (κ2) is 21.1. The second-order valence-corrected chi connectivity index (χ2v) is 15.7. The van der Waals surface area contributed by atoms with Crippen LogP contribution in [0, 0.1) is 0 Å². The number of carboxylic acids is 1. The summed E-state index contributed by atoms with van der Waals surface area (Å²) in [4.78, 5) is 90.1. The Balaban J connectivity index is 0.863. The van der Waals surface area contributed by atoms with Crippen molar-refractivity contribution in [1.82, 2.24) is 40.4 Å². The molecule has 2 unspecified atom stereocenters. The second-order valence-electron chi connectivity index (χ2n) is 15.7. The number of carbonyl (C=O) groups is 5. The summed E-state index contributed by atoms with van der Waals surface area (Å²) in [6, 6.07) is 24.3. The molecule has 2 atom stereocenters. The van der Waals surface area contributed by atoms with Crippen molar-refractivity contribution < 1.29 is 43.7 Å². The van der Waals surface area contributed by atoms with E-state index >= 15 is 0 Å². The highest BCUT2D eigenvalue weighted by atomic mass is 16.6. The molecule has 3 heterocycles. The van der Waals surface area contributed by atoms with Crippen molar-refractivity contribution in [3.63, 3.8) is 0 Å². The van der Waals surface area contributed by atoms with E-state index in [0.717, 1.165) is 22.2 Å². The van der Waals surface area contributed by atoms with Gasteiger partial charge < -0.3 is 46.7 Å². The molecule has 1 saturated heterocycles. The van der Waals surface area contributed by atoms with Gasteiger partial charge in [0.1, 0.15) is 17.5 Å². The summed E-state index contributed by atoms with van der Waals surface area (Å²) in [7, 11) is 0. The van der Waals surface area contributed by atoms with E-state index in [1.165, 1.54) is 18.3 Å². The van der Waals surface area contributed by atoms with Gasteiger partial charge in [-0.3, -0.25) is 33.8 Å². The molecule has 0 radical (unpaired) electrons. The zero-order valence-corrected chi connectivity index (χ0v) is 35.7. The van der Waals surface area contributed by atoms with Gasteiger partial charge in [-0.2, -0.15) is 4.98 Å². The van der Waals surface area contributed by atoms with Crippen LogP contribution in [0.5, 0.6) is 5.75 Å². The number of carbonyl (C=O) groups excluding carboxylic acids is 4. The Bertz CT molecular complexity index is 2800. The number of nitrogen functional groups attached to an aromatic ring is 1. The summed E-state index contributed by atoms with van der Waals surface area (Å²) in [5.74, 6) is -3.46. The number of nitrogens with one attached hydrogen (secondary N) is 5. The lowest BCUT2D eigenvalue weighted by atomic mass is 9.97. The fraction of sp³-hybridized carbons (Fsp3) is 0.283. The number of H-pyrrole nitrogens is 1. The number of phenolic OH excluding ortho intramolecular Hbond substituents is 1. The van der Waals surface area contributed by atoms with Gasteiger partial charge in [-0.1, -0.05) is 48.5 Å². The number of benzene rings is 4. The lowest BCUT2D eigenvalue weighted by Crippen LogP contribution is -2.56. The van der Waals surface area contributed by atoms with Crippen molar-refractivity contribution in [2.75, 3.05) is 50.8 Å². The smallest absolute Gasteiger partial charge is 0.310 e. The van der Waals surface area contributed by atoms with Crippen LogP contribution >= 0.6 is 0 Å². The number of esters is 1. The Morgan fingerprint density at radius 2 is 1.70 bits per heavy atom. The van der Waals surface area contributed by atoms with Crippen LogP contribution in [-0.2, 0) is 35.2 Å². The third-order valence-corrected chi connectivity index (χ3v) is 11.0. The Morgan fingerprint density at radius 3 is 2.45 bits per heavy atom. The normalized spacial score (nSPS) is 15.1. The molecule has 20 heteroatoms. The van der Waals surface area contributed by atoms with E-state index in [1.54, 1.807) is 18.2 Å². The maximum Gasteiger partial charge on any atom is 0.310 e. The molecule has 0 bridgehead atoms. The number of nitrogens with zero attached hydrogens (tertiary/aromatic N) is 4. The van der Waals surface area contributed by atoms with Crippen molar-refractivity contribution in [3.05, 3.63) is 113 Å². The van der Waals surface area contributed by atoms with E-state index in [-0.39, 0.29) is 85.3 Å². The fourth-order valence-corrected chi connectivity index (χ4v) is 7.50. The van der Waals surface area contributed by atoms with Gasteiger partial charge in [0.25, 0.3) is 11.5 Å². The maximum absolute atomic E-state index is 13.1. The number of phenols is 1. The van der Waals surface area contributed by atoms with Crippen LogP contribution in [-0.4, -0.2) is 106 Å². The first-order chi connectivity index (χ1) is 31.9. The molecule has 20 nitrogen and oxygen atoms in total. The Morgan fingerprint density at radius 1 is 0.909 bits per heavy atom. The Labute approximate surface area is 377 Å². The number of quaternary nitrogens is 1. The molecule has 2 aromatic heterocycles. The number of fused-ring (bicyclic) bond motifs is 2. The van der Waals surface area contributed by atoms with Crippen LogP contribution in [0.15, 0.2) is 95.9 Å². The molecular weight excluding hydrogens is 853 g/mol. The molecule has 9 N–H and O–H groups in total. The number of ether oxygens (including phenoxy) is 2. The SMILES string of the molecule is Nc1nc2ncc(CNc3ccc(C(=O)NC(CCC(=O)O)C(=O)NCCNC(=O)CCC(=O)OC[N+]4(c5cc(O)c6cccc(-c7ccccc7)c6c5)CCCOC4)cc3)nc2c(=O)[nH]1. The van der Waals surface area contributed by atoms with Crippen molar-refractivity contribution in [2.24, 2.45) is 0 Å². The lowest BCUT2D eigenvalue weighted by Gasteiger charge is -2.39. The van der Waals surface area contributed by atoms with Gasteiger partial charge in [-0.25, -0.2) is 14.5 Å². The molecule has 1 aliphatic rings. The van der Waals surface area contributed by atoms with E-state index in [0.29, 0.717) is 36.3 Å². The summed E-state index contributed by atoms with van der Waals surface area (Å²) in [6.45, 7) is 1.43. The highest BCUT2D eigenvalue weighted by Crippen LogP contribution is 2.39. The molecule has 7 rings (SSSR count). The number of hydrogen-bond acceptors (Lipinski definition) is 14. The van der Waals surface area contributed by atoms with Crippen molar-refractivity contribution in [2.45, 2.75) is 44.7 Å². The van der Waals surface area contributed by atoms with Crippen LogP contribution in [0.25, 0.3) is 33.1 Å². The standard InChI is InChI=1S/C46H48N10O10/c47-46-54-42-41(45(64)55-46)52-31(25-51-42)24-50-30-12-10-29(11-13-30)43(62)53-36(14-16-39(59)60)44(63)49-19-18-48-38(58)15-17-40(61)66-27-56(20-5-21-65-26-56)32-22-35-33(28-6-2-1-3-7-28)8-4-9-34(35)37(57)23-32/h1-4,6-13,22-23,25,36H,5,14-21,24,26-27H2,(H8-,47,48,49,50,51,53,54,55,57,58,59,60,62,63,64)/p+1. The third kappa shape index (κ3) is 11.6. The predicted molar refractivity (Wildman–Crippen MR) is 244 cm³/mol. The Hall–Kier alpha value is -7.97. The van der Waals surface area contributed by atoms with E-state index in [1.807, 2.05) is 54.6 Å². The number of aromatic amines is 1. The largest absolute Gasteiger partial charge is 0.507 e. The van der Waals surface area contributed by atoms with Crippen LogP contribution < -0.4 is 37.0 Å². The number of aromatic hydroxyl groups is 1. The molecule has 4 aromatic carbocycles. The summed E-state index contributed by atoms with van der Waals surface area (Å²) < 4.78 is 11.7. The topological polar surface area (TPSA) is 290 Å². The van der Waals surface area contributed by atoms with Gasteiger partial charge in [0, 0.05) is 61.1 Å². The predicted octanol–water partition coefficient (Wildman–Crippen LogP) is 3.30. The van der Waals surface area contributed by atoms with Crippen LogP contribution in [0.1, 0.15) is 48.2 Å². The van der Waals surface area contributed by atoms with Gasteiger partial charge in [0.2, 0.25) is 24.5 Å². The molecule has 0 spiro atoms. The highest BCUT2D eigenvalue weighted by Gasteiger charge is 2.36. The minimum Gasteiger partial charge on any atom is -0.507 e. The highest BCUT2D eigenvalue weighted by molar-refractivity contribution is 6.01. The third-order valence-electron chi connectivity index (χ3n) is 11.0. The number of carboxylic acid groups (broad SMARTS) is 1. The number of rotatable bonds is 19. The molecular formula is C46H49N10O10+. The quantitative estimate of drug-likeness (QED) is 0.0329. The van der Waals surface area contributed by atoms with E-state index in [9.17, 15) is 39.0 Å². The molecule has 0 aliphatic carbocycles.